The maximum Gasteiger partial charge on any atom is 0.252 e. The minimum absolute atomic E-state index is 0.0782. The van der Waals surface area contributed by atoms with Crippen LogP contribution in [0.25, 0.3) is 0 Å². The van der Waals surface area contributed by atoms with Crippen LogP contribution in [0, 0.1) is 0 Å². The van der Waals surface area contributed by atoms with Crippen LogP contribution in [-0.4, -0.2) is 72.0 Å². The van der Waals surface area contributed by atoms with Crippen molar-refractivity contribution in [3.8, 4) is 11.6 Å². The first-order chi connectivity index (χ1) is 15.7. The molecule has 1 saturated heterocycles. The molecular formula is C24H27N5O2S. The minimum Gasteiger partial charge on any atom is -0.437 e. The second-order valence-corrected chi connectivity index (χ2v) is 8.67. The van der Waals surface area contributed by atoms with Gasteiger partial charge >= 0.3 is 0 Å². The number of piperazine rings is 1. The summed E-state index contributed by atoms with van der Waals surface area (Å²) < 4.78 is 5.95. The van der Waals surface area contributed by atoms with Gasteiger partial charge < -0.3 is 15.0 Å². The van der Waals surface area contributed by atoms with Crippen LogP contribution in [0.2, 0.25) is 0 Å². The summed E-state index contributed by atoms with van der Waals surface area (Å²) in [4.78, 5) is 26.9. The highest BCUT2D eigenvalue weighted by atomic mass is 32.2. The van der Waals surface area contributed by atoms with Gasteiger partial charge in [0.25, 0.3) is 11.8 Å². The predicted octanol–water partition coefficient (Wildman–Crippen LogP) is 3.40. The molecule has 1 aliphatic rings. The Kier molecular flexibility index (Phi) is 7.71. The molecule has 1 N–H and O–H groups in total. The van der Waals surface area contributed by atoms with Crippen molar-refractivity contribution in [3.63, 3.8) is 0 Å². The molecule has 2 aromatic carbocycles. The molecule has 8 heteroatoms. The summed E-state index contributed by atoms with van der Waals surface area (Å²) in [5, 5.41) is 3.69. The maximum atomic E-state index is 12.5. The number of hydrogen-bond acceptors (Lipinski definition) is 7. The lowest BCUT2D eigenvalue weighted by Crippen LogP contribution is -2.46. The quantitative estimate of drug-likeness (QED) is 0.565. The van der Waals surface area contributed by atoms with E-state index in [-0.39, 0.29) is 5.91 Å². The Morgan fingerprint density at radius 3 is 2.47 bits per heavy atom. The molecular weight excluding hydrogens is 422 g/mol. The molecule has 0 radical (unpaired) electrons. The van der Waals surface area contributed by atoms with Gasteiger partial charge in [-0.3, -0.25) is 9.69 Å². The van der Waals surface area contributed by atoms with E-state index in [2.05, 4.69) is 32.1 Å². The van der Waals surface area contributed by atoms with E-state index < -0.39 is 0 Å². The number of carbonyl (C=O) groups is 1. The van der Waals surface area contributed by atoms with Crippen LogP contribution >= 0.6 is 11.8 Å². The number of carbonyl (C=O) groups excluding carboxylic acids is 1. The van der Waals surface area contributed by atoms with Gasteiger partial charge in [0.15, 0.2) is 5.03 Å². The van der Waals surface area contributed by atoms with Crippen molar-refractivity contribution in [2.24, 2.45) is 0 Å². The van der Waals surface area contributed by atoms with Gasteiger partial charge in [0.2, 0.25) is 0 Å². The largest absolute Gasteiger partial charge is 0.437 e. The number of likely N-dealkylation sites (N-methyl/N-ethyl adjacent to an activating group) is 1. The first kappa shape index (κ1) is 22.3. The molecule has 166 valence electrons. The molecule has 4 rings (SSSR count). The van der Waals surface area contributed by atoms with E-state index in [0.717, 1.165) is 37.6 Å². The Bertz CT molecular complexity index is 1010. The fourth-order valence-corrected chi connectivity index (χ4v) is 4.15. The summed E-state index contributed by atoms with van der Waals surface area (Å²) in [6, 6.07) is 17.1. The highest BCUT2D eigenvalue weighted by Crippen LogP contribution is 2.33. The van der Waals surface area contributed by atoms with Crippen LogP contribution < -0.4 is 10.1 Å². The summed E-state index contributed by atoms with van der Waals surface area (Å²) in [5.74, 6) is 0.964. The van der Waals surface area contributed by atoms with E-state index in [1.165, 1.54) is 11.8 Å². The number of hydrogen-bond donors (Lipinski definition) is 1. The minimum atomic E-state index is -0.0782. The zero-order valence-corrected chi connectivity index (χ0v) is 18.9. The molecule has 2 heterocycles. The lowest BCUT2D eigenvalue weighted by atomic mass is 10.2. The van der Waals surface area contributed by atoms with Crippen LogP contribution in [0.15, 0.2) is 76.9 Å². The highest BCUT2D eigenvalue weighted by Gasteiger charge is 2.14. The van der Waals surface area contributed by atoms with E-state index in [1.54, 1.807) is 36.7 Å². The fraction of sp³-hybridized carbons (Fsp3) is 0.292. The fourth-order valence-electron chi connectivity index (χ4n) is 3.34. The van der Waals surface area contributed by atoms with Crippen LogP contribution in [0.5, 0.6) is 11.6 Å². The second kappa shape index (κ2) is 11.1. The molecule has 1 aromatic heterocycles. The van der Waals surface area contributed by atoms with Gasteiger partial charge in [-0.15, -0.1) is 0 Å². The van der Waals surface area contributed by atoms with E-state index in [9.17, 15) is 4.79 Å². The van der Waals surface area contributed by atoms with Crippen LogP contribution in [0.1, 0.15) is 10.4 Å². The van der Waals surface area contributed by atoms with Gasteiger partial charge in [-0.05, 0) is 43.4 Å². The molecule has 0 unspecified atom stereocenters. The third kappa shape index (κ3) is 6.29. The summed E-state index contributed by atoms with van der Waals surface area (Å²) in [6.07, 6.45) is 3.25. The first-order valence-electron chi connectivity index (χ1n) is 10.7. The van der Waals surface area contributed by atoms with Crippen molar-refractivity contribution in [1.82, 2.24) is 25.1 Å². The third-order valence-corrected chi connectivity index (χ3v) is 6.21. The Hall–Kier alpha value is -2.94. The lowest BCUT2D eigenvalue weighted by molar-refractivity contribution is 0.0941. The van der Waals surface area contributed by atoms with Crippen molar-refractivity contribution in [3.05, 3.63) is 72.6 Å². The van der Waals surface area contributed by atoms with E-state index in [4.69, 9.17) is 4.74 Å². The Morgan fingerprint density at radius 1 is 1.00 bits per heavy atom. The second-order valence-electron chi connectivity index (χ2n) is 7.61. The molecule has 1 fully saturated rings. The number of nitrogens with zero attached hydrogens (tertiary/aromatic N) is 4. The maximum absolute atomic E-state index is 12.5. The molecule has 0 aliphatic carbocycles. The van der Waals surface area contributed by atoms with E-state index >= 15 is 0 Å². The van der Waals surface area contributed by atoms with Gasteiger partial charge in [0, 0.05) is 62.1 Å². The van der Waals surface area contributed by atoms with Crippen molar-refractivity contribution in [2.75, 3.05) is 46.3 Å². The summed E-state index contributed by atoms with van der Waals surface area (Å²) >= 11 is 1.49. The standard InChI is InChI=1S/C24H27N5O2S/c1-28-15-17-29(18-16-28)14-13-25-22(30)19-7-9-20(10-8-19)31-23-24(27-12-11-26-23)32-21-5-3-2-4-6-21/h2-12H,13-18H2,1H3,(H,25,30). The van der Waals surface area contributed by atoms with Gasteiger partial charge in [-0.1, -0.05) is 30.0 Å². The average molecular weight is 450 g/mol. The van der Waals surface area contributed by atoms with E-state index in [0.29, 0.717) is 28.8 Å². The summed E-state index contributed by atoms with van der Waals surface area (Å²) in [7, 11) is 2.14. The zero-order valence-electron chi connectivity index (χ0n) is 18.1. The lowest BCUT2D eigenvalue weighted by Gasteiger charge is -2.32. The third-order valence-electron chi connectivity index (χ3n) is 5.23. The molecule has 1 amide bonds. The van der Waals surface area contributed by atoms with Crippen LogP contribution in [-0.2, 0) is 0 Å². The number of rotatable bonds is 8. The highest BCUT2D eigenvalue weighted by molar-refractivity contribution is 7.99. The molecule has 0 saturated carbocycles. The number of amides is 1. The number of aromatic nitrogens is 2. The van der Waals surface area contributed by atoms with Crippen molar-refractivity contribution >= 4 is 17.7 Å². The molecule has 0 atom stereocenters. The predicted molar refractivity (Wildman–Crippen MR) is 125 cm³/mol. The first-order valence-corrected chi connectivity index (χ1v) is 11.5. The van der Waals surface area contributed by atoms with Gasteiger partial charge in [-0.2, -0.15) is 0 Å². The Balaban J connectivity index is 1.31. The van der Waals surface area contributed by atoms with Crippen LogP contribution in [0.4, 0.5) is 0 Å². The number of benzene rings is 2. The van der Waals surface area contributed by atoms with E-state index in [1.807, 2.05) is 30.3 Å². The van der Waals surface area contributed by atoms with Gasteiger partial charge in [-0.25, -0.2) is 9.97 Å². The molecule has 7 nitrogen and oxygen atoms in total. The molecule has 3 aromatic rings. The average Bonchev–Trinajstić information content (AvgIpc) is 2.83. The van der Waals surface area contributed by atoms with Crippen molar-refractivity contribution in [1.29, 1.82) is 0 Å². The number of nitrogens with one attached hydrogen (secondary N) is 1. The topological polar surface area (TPSA) is 70.6 Å². The molecule has 0 bridgehead atoms. The van der Waals surface area contributed by atoms with Crippen molar-refractivity contribution in [2.45, 2.75) is 9.92 Å². The summed E-state index contributed by atoms with van der Waals surface area (Å²) in [6.45, 7) is 5.76. The van der Waals surface area contributed by atoms with Gasteiger partial charge in [0.1, 0.15) is 5.75 Å². The van der Waals surface area contributed by atoms with Gasteiger partial charge in [0.05, 0.1) is 0 Å². The molecule has 0 spiro atoms. The Labute approximate surface area is 192 Å². The molecule has 1 aliphatic heterocycles. The SMILES string of the molecule is CN1CCN(CCNC(=O)c2ccc(Oc3nccnc3Sc3ccccc3)cc2)CC1. The smallest absolute Gasteiger partial charge is 0.252 e. The number of ether oxygens (including phenoxy) is 1. The van der Waals surface area contributed by atoms with Crippen molar-refractivity contribution < 1.29 is 9.53 Å². The normalized spacial score (nSPS) is 14.8. The zero-order chi connectivity index (χ0) is 22.2. The monoisotopic (exact) mass is 449 g/mol. The van der Waals surface area contributed by atoms with Crippen LogP contribution in [0.3, 0.4) is 0 Å². The Morgan fingerprint density at radius 2 is 1.72 bits per heavy atom. The summed E-state index contributed by atoms with van der Waals surface area (Å²) in [5.41, 5.74) is 0.605. The molecule has 32 heavy (non-hydrogen) atoms.